The summed E-state index contributed by atoms with van der Waals surface area (Å²) in [5, 5.41) is 0. The first-order chi connectivity index (χ1) is 9.41. The van der Waals surface area contributed by atoms with Crippen molar-refractivity contribution < 1.29 is 28.7 Å². The van der Waals surface area contributed by atoms with Crippen LogP contribution in [0.25, 0.3) is 0 Å². The second-order valence-electron chi connectivity index (χ2n) is 4.55. The van der Waals surface area contributed by atoms with E-state index < -0.39 is 11.9 Å². The van der Waals surface area contributed by atoms with Crippen molar-refractivity contribution in [1.82, 2.24) is 0 Å². The third-order valence-electron chi connectivity index (χ3n) is 2.43. The molecule has 6 nitrogen and oxygen atoms in total. The predicted molar refractivity (Wildman–Crippen MR) is 71.0 cm³/mol. The second-order valence-corrected chi connectivity index (χ2v) is 4.55. The van der Waals surface area contributed by atoms with E-state index in [2.05, 4.69) is 0 Å². The van der Waals surface area contributed by atoms with E-state index in [1.807, 2.05) is 0 Å². The third kappa shape index (κ3) is 12.7. The molecule has 0 saturated heterocycles. The third-order valence-corrected chi connectivity index (χ3v) is 2.43. The first-order valence-electron chi connectivity index (χ1n) is 6.72. The van der Waals surface area contributed by atoms with Gasteiger partial charge in [0.25, 0.3) is 0 Å². The van der Waals surface area contributed by atoms with Gasteiger partial charge >= 0.3 is 11.9 Å². The zero-order chi connectivity index (χ0) is 15.4. The molecule has 0 aliphatic carbocycles. The smallest absolute Gasteiger partial charge is 0.306 e. The highest BCUT2D eigenvalue weighted by molar-refractivity contribution is 5.81. The van der Waals surface area contributed by atoms with Gasteiger partial charge in [-0.25, -0.2) is 0 Å². The summed E-state index contributed by atoms with van der Waals surface area (Å²) in [6, 6.07) is 0. The number of esters is 2. The molecule has 0 radical (unpaired) electrons. The summed E-state index contributed by atoms with van der Waals surface area (Å²) in [6.45, 7) is 3.35. The monoisotopic (exact) mass is 286 g/mol. The highest BCUT2D eigenvalue weighted by atomic mass is 16.5. The number of carbonyl (C=O) groups is 4. The zero-order valence-electron chi connectivity index (χ0n) is 12.1. The van der Waals surface area contributed by atoms with Gasteiger partial charge in [-0.05, 0) is 26.7 Å². The summed E-state index contributed by atoms with van der Waals surface area (Å²) >= 11 is 0. The topological polar surface area (TPSA) is 86.7 Å². The number of Topliss-reactive ketones (excluding diaryl/α,β-unsaturated/α-hetero) is 2. The Bertz CT molecular complexity index is 314. The standard InChI is InChI=1S/C14H22O6/c1-11(15)5-7-13(17)19-9-3-4-10-20-14(18)8-6-12(2)16/h3-10H2,1-2H3. The number of ether oxygens (including phenoxy) is 2. The molecule has 0 saturated carbocycles. The number of hydrogen-bond donors (Lipinski definition) is 0. The minimum atomic E-state index is -0.390. The van der Waals surface area contributed by atoms with Crippen LogP contribution in [0, 0.1) is 0 Å². The van der Waals surface area contributed by atoms with Crippen LogP contribution in [-0.2, 0) is 28.7 Å². The van der Waals surface area contributed by atoms with Crippen LogP contribution in [0.3, 0.4) is 0 Å². The number of carbonyl (C=O) groups excluding carboxylic acids is 4. The minimum Gasteiger partial charge on any atom is -0.466 e. The fraction of sp³-hybridized carbons (Fsp3) is 0.714. The van der Waals surface area contributed by atoms with E-state index in [0.29, 0.717) is 12.8 Å². The van der Waals surface area contributed by atoms with Crippen molar-refractivity contribution in [3.05, 3.63) is 0 Å². The average Bonchev–Trinajstić information content (AvgIpc) is 2.37. The van der Waals surface area contributed by atoms with Gasteiger partial charge in [0.1, 0.15) is 11.6 Å². The molecule has 0 heterocycles. The van der Waals surface area contributed by atoms with Crippen LogP contribution in [0.5, 0.6) is 0 Å². The number of ketones is 2. The Hall–Kier alpha value is -1.72. The van der Waals surface area contributed by atoms with Crippen LogP contribution in [0.4, 0.5) is 0 Å². The zero-order valence-corrected chi connectivity index (χ0v) is 12.1. The van der Waals surface area contributed by atoms with Crippen LogP contribution >= 0.6 is 0 Å². The van der Waals surface area contributed by atoms with Crippen molar-refractivity contribution >= 4 is 23.5 Å². The van der Waals surface area contributed by atoms with Gasteiger partial charge in [0.15, 0.2) is 0 Å². The first kappa shape index (κ1) is 18.3. The van der Waals surface area contributed by atoms with Crippen LogP contribution in [0.2, 0.25) is 0 Å². The van der Waals surface area contributed by atoms with Crippen molar-refractivity contribution in [3.8, 4) is 0 Å². The summed E-state index contributed by atoms with van der Waals surface area (Å²) in [5.41, 5.74) is 0. The van der Waals surface area contributed by atoms with Gasteiger partial charge in [-0.2, -0.15) is 0 Å². The van der Waals surface area contributed by atoms with E-state index in [9.17, 15) is 19.2 Å². The number of rotatable bonds is 11. The van der Waals surface area contributed by atoms with E-state index in [1.165, 1.54) is 13.8 Å². The SMILES string of the molecule is CC(=O)CCC(=O)OCCCCOC(=O)CCC(C)=O. The van der Waals surface area contributed by atoms with Gasteiger partial charge in [-0.15, -0.1) is 0 Å². The molecule has 0 aliphatic heterocycles. The molecular formula is C14H22O6. The van der Waals surface area contributed by atoms with E-state index in [-0.39, 0.29) is 50.5 Å². The Morgan fingerprint density at radius 3 is 1.30 bits per heavy atom. The average molecular weight is 286 g/mol. The Balaban J connectivity index is 3.39. The molecule has 6 heteroatoms. The molecule has 0 rings (SSSR count). The number of hydrogen-bond acceptors (Lipinski definition) is 6. The fourth-order valence-electron chi connectivity index (χ4n) is 1.28. The molecule has 0 spiro atoms. The lowest BCUT2D eigenvalue weighted by Gasteiger charge is -2.05. The molecule has 0 fully saturated rings. The molecule has 0 unspecified atom stereocenters. The molecule has 0 N–H and O–H groups in total. The lowest BCUT2D eigenvalue weighted by molar-refractivity contribution is -0.146. The largest absolute Gasteiger partial charge is 0.466 e. The predicted octanol–water partition coefficient (Wildman–Crippen LogP) is 1.59. The summed E-state index contributed by atoms with van der Waals surface area (Å²) in [7, 11) is 0. The van der Waals surface area contributed by atoms with Crippen LogP contribution in [0.1, 0.15) is 52.4 Å². The highest BCUT2D eigenvalue weighted by Crippen LogP contribution is 1.99. The van der Waals surface area contributed by atoms with Gasteiger partial charge in [0, 0.05) is 12.8 Å². The van der Waals surface area contributed by atoms with Gasteiger partial charge in [-0.1, -0.05) is 0 Å². The van der Waals surface area contributed by atoms with Crippen molar-refractivity contribution in [2.45, 2.75) is 52.4 Å². The van der Waals surface area contributed by atoms with Crippen LogP contribution in [0.15, 0.2) is 0 Å². The molecule has 0 aliphatic rings. The summed E-state index contributed by atoms with van der Waals surface area (Å²) < 4.78 is 9.80. The molecule has 20 heavy (non-hydrogen) atoms. The normalized spacial score (nSPS) is 9.90. The highest BCUT2D eigenvalue weighted by Gasteiger charge is 2.06. The maximum absolute atomic E-state index is 11.1. The van der Waals surface area contributed by atoms with Gasteiger partial charge < -0.3 is 19.1 Å². The molecular weight excluding hydrogens is 264 g/mol. The van der Waals surface area contributed by atoms with E-state index in [0.717, 1.165) is 0 Å². The van der Waals surface area contributed by atoms with Crippen molar-refractivity contribution in [3.63, 3.8) is 0 Å². The van der Waals surface area contributed by atoms with Gasteiger partial charge in [0.05, 0.1) is 26.1 Å². The summed E-state index contributed by atoms with van der Waals surface area (Å²) in [4.78, 5) is 43.6. The van der Waals surface area contributed by atoms with Crippen molar-refractivity contribution in [1.29, 1.82) is 0 Å². The number of unbranched alkanes of at least 4 members (excludes halogenated alkanes) is 1. The minimum absolute atomic E-state index is 0.0422. The second kappa shape index (κ2) is 11.1. The summed E-state index contributed by atoms with van der Waals surface area (Å²) in [5.74, 6) is -0.865. The Morgan fingerprint density at radius 2 is 1.00 bits per heavy atom. The maximum Gasteiger partial charge on any atom is 0.306 e. The Kier molecular flexibility index (Phi) is 10.2. The summed E-state index contributed by atoms with van der Waals surface area (Å²) in [6.07, 6.45) is 1.79. The van der Waals surface area contributed by atoms with E-state index >= 15 is 0 Å². The molecule has 114 valence electrons. The van der Waals surface area contributed by atoms with Gasteiger partial charge in [0.2, 0.25) is 0 Å². The lowest BCUT2D eigenvalue weighted by Crippen LogP contribution is -2.10. The fourth-order valence-corrected chi connectivity index (χ4v) is 1.28. The quantitative estimate of drug-likeness (QED) is 0.423. The maximum atomic E-state index is 11.1. The van der Waals surface area contributed by atoms with E-state index in [1.54, 1.807) is 0 Å². The Morgan fingerprint density at radius 1 is 0.650 bits per heavy atom. The molecule has 0 aromatic rings. The van der Waals surface area contributed by atoms with Gasteiger partial charge in [-0.3, -0.25) is 9.59 Å². The van der Waals surface area contributed by atoms with Crippen LogP contribution in [-0.4, -0.2) is 36.7 Å². The molecule has 0 aromatic heterocycles. The van der Waals surface area contributed by atoms with Crippen molar-refractivity contribution in [2.24, 2.45) is 0 Å². The lowest BCUT2D eigenvalue weighted by atomic mass is 10.2. The molecule has 0 amide bonds. The first-order valence-corrected chi connectivity index (χ1v) is 6.72. The molecule has 0 bridgehead atoms. The molecule has 0 atom stereocenters. The molecule has 0 aromatic carbocycles. The van der Waals surface area contributed by atoms with E-state index in [4.69, 9.17) is 9.47 Å². The van der Waals surface area contributed by atoms with Crippen LogP contribution < -0.4 is 0 Å². The van der Waals surface area contributed by atoms with Crippen molar-refractivity contribution in [2.75, 3.05) is 13.2 Å². The Labute approximate surface area is 118 Å².